The Morgan fingerprint density at radius 2 is 2.00 bits per heavy atom. The van der Waals surface area contributed by atoms with Gasteiger partial charge in [-0.1, -0.05) is 18.2 Å². The van der Waals surface area contributed by atoms with Crippen LogP contribution in [0.5, 0.6) is 0 Å². The summed E-state index contributed by atoms with van der Waals surface area (Å²) in [5.74, 6) is -0.400. The summed E-state index contributed by atoms with van der Waals surface area (Å²) in [4.78, 5) is 24.2. The number of amides is 2. The van der Waals surface area contributed by atoms with E-state index in [0.717, 1.165) is 5.56 Å². The lowest BCUT2D eigenvalue weighted by molar-refractivity contribution is -0.120. The van der Waals surface area contributed by atoms with Crippen molar-refractivity contribution >= 4 is 17.5 Å². The monoisotopic (exact) mass is 278 g/mol. The van der Waals surface area contributed by atoms with Crippen LogP contribution in [0.15, 0.2) is 24.3 Å². The van der Waals surface area contributed by atoms with Gasteiger partial charge in [0.2, 0.25) is 11.8 Å². The summed E-state index contributed by atoms with van der Waals surface area (Å²) in [5.41, 5.74) is 12.8. The van der Waals surface area contributed by atoms with Crippen LogP contribution in [-0.2, 0) is 16.1 Å². The third kappa shape index (κ3) is 5.71. The predicted molar refractivity (Wildman–Crippen MR) is 78.6 cm³/mol. The summed E-state index contributed by atoms with van der Waals surface area (Å²) < 4.78 is 0. The fourth-order valence-electron chi connectivity index (χ4n) is 1.94. The van der Waals surface area contributed by atoms with E-state index in [2.05, 4.69) is 5.32 Å². The summed E-state index contributed by atoms with van der Waals surface area (Å²) >= 11 is 0. The van der Waals surface area contributed by atoms with Crippen molar-refractivity contribution in [3.63, 3.8) is 0 Å². The summed E-state index contributed by atoms with van der Waals surface area (Å²) in [6.45, 7) is 1.32. The molecule has 0 unspecified atom stereocenters. The highest BCUT2D eigenvalue weighted by molar-refractivity contribution is 5.76. The maximum absolute atomic E-state index is 11.2. The number of primary amides is 1. The number of para-hydroxylation sites is 1. The first-order chi connectivity index (χ1) is 9.52. The molecule has 0 aliphatic heterocycles. The highest BCUT2D eigenvalue weighted by atomic mass is 16.2. The number of nitrogens with zero attached hydrogens (tertiary/aromatic N) is 1. The van der Waals surface area contributed by atoms with Crippen LogP contribution in [-0.4, -0.2) is 36.9 Å². The highest BCUT2D eigenvalue weighted by Gasteiger charge is 2.11. The first-order valence-corrected chi connectivity index (χ1v) is 6.57. The number of benzene rings is 1. The minimum atomic E-state index is -0.389. The van der Waals surface area contributed by atoms with Crippen LogP contribution in [0.25, 0.3) is 0 Å². The van der Waals surface area contributed by atoms with Gasteiger partial charge in [0, 0.05) is 25.7 Å². The molecule has 1 rings (SSSR count). The zero-order chi connectivity index (χ0) is 15.0. The van der Waals surface area contributed by atoms with E-state index in [4.69, 9.17) is 11.5 Å². The number of carbonyl (C=O) groups is 2. The quantitative estimate of drug-likeness (QED) is 0.586. The Hall–Kier alpha value is -2.08. The van der Waals surface area contributed by atoms with Gasteiger partial charge < -0.3 is 16.8 Å². The molecule has 0 saturated heterocycles. The van der Waals surface area contributed by atoms with Crippen molar-refractivity contribution in [3.8, 4) is 0 Å². The third-order valence-electron chi connectivity index (χ3n) is 2.99. The molecule has 5 N–H and O–H groups in total. The smallest absolute Gasteiger partial charge is 0.231 e. The first kappa shape index (κ1) is 16.0. The zero-order valence-electron chi connectivity index (χ0n) is 11.8. The molecule has 0 fully saturated rings. The van der Waals surface area contributed by atoms with Crippen molar-refractivity contribution in [2.75, 3.05) is 25.9 Å². The lowest BCUT2D eigenvalue weighted by Crippen LogP contribution is -2.34. The molecular weight excluding hydrogens is 256 g/mol. The molecule has 0 aliphatic carbocycles. The third-order valence-corrected chi connectivity index (χ3v) is 2.99. The second-order valence-electron chi connectivity index (χ2n) is 4.65. The number of hydrogen-bond donors (Lipinski definition) is 3. The van der Waals surface area contributed by atoms with Crippen molar-refractivity contribution in [2.24, 2.45) is 5.73 Å². The average Bonchev–Trinajstić information content (AvgIpc) is 2.40. The Morgan fingerprint density at radius 1 is 1.30 bits per heavy atom. The highest BCUT2D eigenvalue weighted by Crippen LogP contribution is 2.13. The molecule has 0 saturated carbocycles. The second kappa shape index (κ2) is 8.16. The van der Waals surface area contributed by atoms with Crippen LogP contribution in [0.3, 0.4) is 0 Å². The van der Waals surface area contributed by atoms with E-state index >= 15 is 0 Å². The maximum Gasteiger partial charge on any atom is 0.231 e. The van der Waals surface area contributed by atoms with Gasteiger partial charge in [0.1, 0.15) is 0 Å². The Kier molecular flexibility index (Phi) is 6.52. The van der Waals surface area contributed by atoms with Crippen molar-refractivity contribution in [1.29, 1.82) is 0 Å². The van der Waals surface area contributed by atoms with Crippen LogP contribution in [0, 0.1) is 0 Å². The topological polar surface area (TPSA) is 101 Å². The molecule has 0 atom stereocenters. The van der Waals surface area contributed by atoms with Gasteiger partial charge >= 0.3 is 0 Å². The summed E-state index contributed by atoms with van der Waals surface area (Å²) in [7, 11) is 1.61. The molecule has 0 spiro atoms. The van der Waals surface area contributed by atoms with Gasteiger partial charge in [-0.2, -0.15) is 0 Å². The van der Waals surface area contributed by atoms with Crippen LogP contribution >= 0.6 is 0 Å². The summed E-state index contributed by atoms with van der Waals surface area (Å²) in [6.07, 6.45) is 1.09. The molecular formula is C14H22N4O2. The number of anilines is 1. The van der Waals surface area contributed by atoms with E-state index < -0.39 is 0 Å². The number of nitrogens with two attached hydrogens (primary N) is 2. The van der Waals surface area contributed by atoms with Crippen LogP contribution in [0.4, 0.5) is 5.69 Å². The molecule has 0 aliphatic rings. The molecule has 1 aromatic carbocycles. The van der Waals surface area contributed by atoms with Gasteiger partial charge in [-0.25, -0.2) is 0 Å². The molecule has 2 amide bonds. The Labute approximate surface area is 119 Å². The van der Waals surface area contributed by atoms with Crippen molar-refractivity contribution in [1.82, 2.24) is 10.2 Å². The molecule has 20 heavy (non-hydrogen) atoms. The number of hydrogen-bond acceptors (Lipinski definition) is 4. The van der Waals surface area contributed by atoms with E-state index in [1.165, 1.54) is 0 Å². The first-order valence-electron chi connectivity index (χ1n) is 6.57. The largest absolute Gasteiger partial charge is 0.398 e. The Morgan fingerprint density at radius 3 is 2.60 bits per heavy atom. The Bertz CT molecular complexity index is 462. The minimum absolute atomic E-state index is 0.0109. The molecule has 0 heterocycles. The van der Waals surface area contributed by atoms with Crippen molar-refractivity contribution in [2.45, 2.75) is 19.4 Å². The SMILES string of the molecule is CNC(=O)CCCN(CC(N)=O)Cc1ccccc1N. The number of carbonyl (C=O) groups excluding carboxylic acids is 2. The van der Waals surface area contributed by atoms with E-state index in [-0.39, 0.29) is 18.4 Å². The van der Waals surface area contributed by atoms with E-state index in [1.807, 2.05) is 29.2 Å². The molecule has 0 aromatic heterocycles. The summed E-state index contributed by atoms with van der Waals surface area (Å²) in [6, 6.07) is 7.51. The van der Waals surface area contributed by atoms with Gasteiger partial charge in [0.25, 0.3) is 0 Å². The fourth-order valence-corrected chi connectivity index (χ4v) is 1.94. The van der Waals surface area contributed by atoms with Gasteiger partial charge in [0.15, 0.2) is 0 Å². The lowest BCUT2D eigenvalue weighted by Gasteiger charge is -2.21. The fraction of sp³-hybridized carbons (Fsp3) is 0.429. The zero-order valence-corrected chi connectivity index (χ0v) is 11.8. The van der Waals surface area contributed by atoms with Gasteiger partial charge in [0.05, 0.1) is 6.54 Å². The lowest BCUT2D eigenvalue weighted by atomic mass is 10.1. The van der Waals surface area contributed by atoms with Crippen molar-refractivity contribution in [3.05, 3.63) is 29.8 Å². The normalized spacial score (nSPS) is 10.5. The van der Waals surface area contributed by atoms with Crippen LogP contribution in [0.2, 0.25) is 0 Å². The molecule has 6 heteroatoms. The van der Waals surface area contributed by atoms with Crippen molar-refractivity contribution < 1.29 is 9.59 Å². The second-order valence-corrected chi connectivity index (χ2v) is 4.65. The van der Waals surface area contributed by atoms with Gasteiger partial charge in [-0.3, -0.25) is 14.5 Å². The van der Waals surface area contributed by atoms with E-state index in [0.29, 0.717) is 31.6 Å². The molecule has 1 aromatic rings. The van der Waals surface area contributed by atoms with E-state index in [1.54, 1.807) is 7.05 Å². The van der Waals surface area contributed by atoms with E-state index in [9.17, 15) is 9.59 Å². The maximum atomic E-state index is 11.2. The van der Waals surface area contributed by atoms with Gasteiger partial charge in [-0.15, -0.1) is 0 Å². The molecule has 0 radical (unpaired) electrons. The van der Waals surface area contributed by atoms with Crippen LogP contribution in [0.1, 0.15) is 18.4 Å². The van der Waals surface area contributed by atoms with Gasteiger partial charge in [-0.05, 0) is 24.6 Å². The predicted octanol–water partition coefficient (Wildman–Crippen LogP) is 0.0823. The molecule has 0 bridgehead atoms. The Balaban J connectivity index is 2.58. The average molecular weight is 278 g/mol. The minimum Gasteiger partial charge on any atom is -0.398 e. The summed E-state index contributed by atoms with van der Waals surface area (Å²) in [5, 5.41) is 2.57. The molecule has 110 valence electrons. The molecule has 6 nitrogen and oxygen atoms in total. The number of nitrogen functional groups attached to an aromatic ring is 1. The number of rotatable bonds is 8. The number of nitrogens with one attached hydrogen (secondary N) is 1. The standard InChI is InChI=1S/C14H22N4O2/c1-17-14(20)7-4-8-18(10-13(16)19)9-11-5-2-3-6-12(11)15/h2-3,5-6H,4,7-10,15H2,1H3,(H2,16,19)(H,17,20). The van der Waals surface area contributed by atoms with Crippen LogP contribution < -0.4 is 16.8 Å².